The third kappa shape index (κ3) is 8.40. The van der Waals surface area contributed by atoms with E-state index in [1.54, 1.807) is 0 Å². The second-order valence-corrected chi connectivity index (χ2v) is 5.90. The van der Waals surface area contributed by atoms with E-state index >= 15 is 0 Å². The van der Waals surface area contributed by atoms with Crippen molar-refractivity contribution in [1.82, 2.24) is 0 Å². The van der Waals surface area contributed by atoms with Crippen molar-refractivity contribution in [3.63, 3.8) is 0 Å². The summed E-state index contributed by atoms with van der Waals surface area (Å²) in [6, 6.07) is 0. The van der Waals surface area contributed by atoms with Gasteiger partial charge in [0.1, 0.15) is 5.78 Å². The van der Waals surface area contributed by atoms with E-state index in [9.17, 15) is 4.79 Å². The van der Waals surface area contributed by atoms with Crippen LogP contribution in [0.25, 0.3) is 0 Å². The molecule has 1 saturated carbocycles. The van der Waals surface area contributed by atoms with Crippen molar-refractivity contribution in [3.05, 3.63) is 0 Å². The van der Waals surface area contributed by atoms with Gasteiger partial charge < -0.3 is 0 Å². The van der Waals surface area contributed by atoms with Crippen molar-refractivity contribution >= 4 is 5.78 Å². The molecule has 0 heterocycles. The van der Waals surface area contributed by atoms with Crippen LogP contribution in [0.5, 0.6) is 0 Å². The van der Waals surface area contributed by atoms with E-state index in [0.29, 0.717) is 5.78 Å². The largest absolute Gasteiger partial charge is 0.300 e. The molecule has 1 aliphatic rings. The van der Waals surface area contributed by atoms with E-state index in [1.165, 1.54) is 57.8 Å². The van der Waals surface area contributed by atoms with E-state index in [1.807, 2.05) is 0 Å². The summed E-state index contributed by atoms with van der Waals surface area (Å²) >= 11 is 0. The van der Waals surface area contributed by atoms with Gasteiger partial charge in [0.05, 0.1) is 0 Å². The van der Waals surface area contributed by atoms with Crippen molar-refractivity contribution in [3.8, 4) is 0 Å². The van der Waals surface area contributed by atoms with Crippen molar-refractivity contribution in [1.29, 1.82) is 0 Å². The molecule has 0 amide bonds. The van der Waals surface area contributed by atoms with Gasteiger partial charge in [-0.1, -0.05) is 64.7 Å². The monoisotopic (exact) mass is 238 g/mol. The van der Waals surface area contributed by atoms with Gasteiger partial charge in [0.2, 0.25) is 0 Å². The maximum atomic E-state index is 11.6. The fourth-order valence-electron chi connectivity index (χ4n) is 2.78. The van der Waals surface area contributed by atoms with Gasteiger partial charge in [-0.3, -0.25) is 4.79 Å². The first-order valence-corrected chi connectivity index (χ1v) is 7.81. The Morgan fingerprint density at radius 2 is 1.12 bits per heavy atom. The lowest BCUT2D eigenvalue weighted by Crippen LogP contribution is -1.99. The Morgan fingerprint density at radius 1 is 0.706 bits per heavy atom. The Kier molecular flexibility index (Phi) is 8.38. The topological polar surface area (TPSA) is 17.1 Å². The Labute approximate surface area is 107 Å². The van der Waals surface area contributed by atoms with Crippen LogP contribution in [-0.4, -0.2) is 5.78 Å². The third-order valence-corrected chi connectivity index (χ3v) is 4.06. The Morgan fingerprint density at radius 3 is 1.76 bits per heavy atom. The Hall–Kier alpha value is -0.330. The van der Waals surface area contributed by atoms with Gasteiger partial charge in [0.25, 0.3) is 0 Å². The number of carbonyl (C=O) groups excluding carboxylic acids is 1. The van der Waals surface area contributed by atoms with Crippen LogP contribution in [-0.2, 0) is 4.79 Å². The van der Waals surface area contributed by atoms with Crippen LogP contribution in [0, 0.1) is 5.92 Å². The highest BCUT2D eigenvalue weighted by atomic mass is 16.1. The van der Waals surface area contributed by atoms with E-state index in [0.717, 1.165) is 31.6 Å². The highest BCUT2D eigenvalue weighted by Crippen LogP contribution is 2.19. The number of ketones is 1. The highest BCUT2D eigenvalue weighted by molar-refractivity contribution is 5.78. The second kappa shape index (κ2) is 9.67. The molecule has 1 heteroatoms. The molecule has 0 aromatic carbocycles. The molecule has 1 fully saturated rings. The van der Waals surface area contributed by atoms with Gasteiger partial charge in [-0.05, 0) is 18.8 Å². The third-order valence-electron chi connectivity index (χ3n) is 4.06. The summed E-state index contributed by atoms with van der Waals surface area (Å²) in [6.45, 7) is 2.37. The average Bonchev–Trinajstić information content (AvgIpc) is 2.32. The lowest BCUT2D eigenvalue weighted by Gasteiger charge is -2.10. The quantitative estimate of drug-likeness (QED) is 0.561. The Bertz CT molecular complexity index is 198. The summed E-state index contributed by atoms with van der Waals surface area (Å²) in [6.07, 6.45) is 16.1. The first kappa shape index (κ1) is 14.7. The summed E-state index contributed by atoms with van der Waals surface area (Å²) in [5.74, 6) is 1.38. The average molecular weight is 238 g/mol. The van der Waals surface area contributed by atoms with Crippen LogP contribution in [0.3, 0.4) is 0 Å². The Balaban J connectivity index is 2.22. The molecule has 17 heavy (non-hydrogen) atoms. The predicted molar refractivity (Wildman–Crippen MR) is 74.2 cm³/mol. The van der Waals surface area contributed by atoms with Gasteiger partial charge >= 0.3 is 0 Å². The van der Waals surface area contributed by atoms with Gasteiger partial charge in [0, 0.05) is 12.8 Å². The first-order chi connectivity index (χ1) is 8.29. The van der Waals surface area contributed by atoms with Crippen LogP contribution >= 0.6 is 0 Å². The smallest absolute Gasteiger partial charge is 0.132 e. The minimum atomic E-state index is 0.507. The molecular formula is C16H30O. The normalized spacial score (nSPS) is 27.1. The SMILES string of the molecule is CC1CCCCCCCCCC(=O)CCCC1. The van der Waals surface area contributed by atoms with Crippen LogP contribution in [0.2, 0.25) is 0 Å². The van der Waals surface area contributed by atoms with Crippen molar-refractivity contribution in [2.75, 3.05) is 0 Å². The molecule has 0 radical (unpaired) electrons. The van der Waals surface area contributed by atoms with E-state index in [2.05, 4.69) is 6.92 Å². The van der Waals surface area contributed by atoms with Gasteiger partial charge in [-0.2, -0.15) is 0 Å². The van der Waals surface area contributed by atoms with Gasteiger partial charge in [0.15, 0.2) is 0 Å². The molecule has 1 rings (SSSR count). The maximum absolute atomic E-state index is 11.6. The number of carbonyl (C=O) groups is 1. The predicted octanol–water partition coefficient (Wildman–Crippen LogP) is 5.28. The zero-order valence-corrected chi connectivity index (χ0v) is 11.7. The molecule has 0 aromatic heterocycles. The summed E-state index contributed by atoms with van der Waals surface area (Å²) in [7, 11) is 0. The molecule has 1 nitrogen and oxygen atoms in total. The van der Waals surface area contributed by atoms with E-state index in [-0.39, 0.29) is 0 Å². The molecule has 0 bridgehead atoms. The zero-order valence-electron chi connectivity index (χ0n) is 11.7. The molecule has 1 atom stereocenters. The van der Waals surface area contributed by atoms with Crippen molar-refractivity contribution in [2.45, 2.75) is 90.4 Å². The van der Waals surface area contributed by atoms with Gasteiger partial charge in [-0.15, -0.1) is 0 Å². The van der Waals surface area contributed by atoms with Crippen LogP contribution < -0.4 is 0 Å². The molecule has 0 saturated heterocycles. The number of hydrogen-bond donors (Lipinski definition) is 0. The van der Waals surface area contributed by atoms with Crippen molar-refractivity contribution in [2.24, 2.45) is 5.92 Å². The second-order valence-electron chi connectivity index (χ2n) is 5.90. The molecule has 0 aliphatic heterocycles. The summed E-state index contributed by atoms with van der Waals surface area (Å²) in [4.78, 5) is 11.6. The van der Waals surface area contributed by atoms with E-state index in [4.69, 9.17) is 0 Å². The molecule has 1 unspecified atom stereocenters. The highest BCUT2D eigenvalue weighted by Gasteiger charge is 2.05. The minimum Gasteiger partial charge on any atom is -0.300 e. The molecule has 0 aromatic rings. The summed E-state index contributed by atoms with van der Waals surface area (Å²) in [5.41, 5.74) is 0. The molecule has 0 spiro atoms. The van der Waals surface area contributed by atoms with Crippen LogP contribution in [0.1, 0.15) is 90.4 Å². The van der Waals surface area contributed by atoms with Crippen LogP contribution in [0.4, 0.5) is 0 Å². The van der Waals surface area contributed by atoms with Crippen LogP contribution in [0.15, 0.2) is 0 Å². The maximum Gasteiger partial charge on any atom is 0.132 e. The standard InChI is InChI=1S/C16H30O/c1-15-11-7-5-3-2-4-6-8-13-16(17)14-10-9-12-15/h15H,2-14H2,1H3. The lowest BCUT2D eigenvalue weighted by atomic mass is 9.96. The summed E-state index contributed by atoms with van der Waals surface area (Å²) < 4.78 is 0. The fraction of sp³-hybridized carbons (Fsp3) is 0.938. The minimum absolute atomic E-state index is 0.507. The fourth-order valence-corrected chi connectivity index (χ4v) is 2.78. The number of Topliss-reactive ketones (excluding diaryl/α,β-unsaturated/α-hetero) is 1. The molecular weight excluding hydrogens is 208 g/mol. The number of rotatable bonds is 0. The molecule has 100 valence electrons. The first-order valence-electron chi connectivity index (χ1n) is 7.81. The molecule has 1 aliphatic carbocycles. The number of hydrogen-bond acceptors (Lipinski definition) is 1. The van der Waals surface area contributed by atoms with Crippen molar-refractivity contribution < 1.29 is 4.79 Å². The lowest BCUT2D eigenvalue weighted by molar-refractivity contribution is -0.119. The summed E-state index contributed by atoms with van der Waals surface area (Å²) in [5, 5.41) is 0. The van der Waals surface area contributed by atoms with Gasteiger partial charge in [-0.25, -0.2) is 0 Å². The molecule has 0 N–H and O–H groups in total. The van der Waals surface area contributed by atoms with E-state index < -0.39 is 0 Å². The zero-order chi connectivity index (χ0) is 12.3.